The number of piperazine rings is 1. The first-order chi connectivity index (χ1) is 16.5. The molecule has 0 spiro atoms. The van der Waals surface area contributed by atoms with Crippen molar-refractivity contribution >= 4 is 40.3 Å². The monoisotopic (exact) mass is 474 g/mol. The summed E-state index contributed by atoms with van der Waals surface area (Å²) in [5.41, 5.74) is 3.05. The standard InChI is InChI=1S/C25H22N4O4S/c1-17-5-7-19(8-6-17)27-11-13-28(14-12-27)25-26-24(30)23(34-25)16-21-9-10-22(33-21)18-3-2-4-20(15-18)29(31)32/h2-10,15-16H,11-14H2,1H3. The molecule has 0 radical (unpaired) electrons. The minimum atomic E-state index is -0.442. The number of aryl methyl sites for hydroxylation is 1. The maximum Gasteiger partial charge on any atom is 0.286 e. The number of furan rings is 1. The highest BCUT2D eigenvalue weighted by Crippen LogP contribution is 2.33. The zero-order chi connectivity index (χ0) is 23.7. The Morgan fingerprint density at radius 2 is 1.76 bits per heavy atom. The van der Waals surface area contributed by atoms with Gasteiger partial charge in [-0.1, -0.05) is 29.8 Å². The van der Waals surface area contributed by atoms with Crippen LogP contribution >= 0.6 is 11.8 Å². The molecule has 1 amide bonds. The van der Waals surface area contributed by atoms with Gasteiger partial charge in [-0.25, -0.2) is 0 Å². The summed E-state index contributed by atoms with van der Waals surface area (Å²) < 4.78 is 5.83. The summed E-state index contributed by atoms with van der Waals surface area (Å²) in [6.45, 7) is 5.38. The van der Waals surface area contributed by atoms with Crippen LogP contribution in [0.3, 0.4) is 0 Å². The third-order valence-electron chi connectivity index (χ3n) is 5.80. The van der Waals surface area contributed by atoms with Crippen molar-refractivity contribution in [3.63, 3.8) is 0 Å². The van der Waals surface area contributed by atoms with Crippen LogP contribution in [0.1, 0.15) is 11.3 Å². The third-order valence-corrected chi connectivity index (χ3v) is 6.84. The molecule has 0 N–H and O–H groups in total. The largest absolute Gasteiger partial charge is 0.457 e. The van der Waals surface area contributed by atoms with Gasteiger partial charge < -0.3 is 14.2 Å². The fourth-order valence-corrected chi connectivity index (χ4v) is 4.88. The van der Waals surface area contributed by atoms with Gasteiger partial charge in [-0.15, -0.1) is 0 Å². The van der Waals surface area contributed by atoms with Crippen molar-refractivity contribution in [1.82, 2.24) is 4.90 Å². The summed E-state index contributed by atoms with van der Waals surface area (Å²) in [5.74, 6) is 0.714. The predicted molar refractivity (Wildman–Crippen MR) is 134 cm³/mol. The Hall–Kier alpha value is -3.85. The molecule has 2 aliphatic heterocycles. The van der Waals surface area contributed by atoms with E-state index in [4.69, 9.17) is 4.42 Å². The number of nitro groups is 1. The lowest BCUT2D eigenvalue weighted by Crippen LogP contribution is -2.47. The first-order valence-corrected chi connectivity index (χ1v) is 11.7. The van der Waals surface area contributed by atoms with Crippen LogP contribution in [-0.4, -0.2) is 47.1 Å². The zero-order valence-electron chi connectivity index (χ0n) is 18.5. The Labute approximate surface area is 200 Å². The number of nitrogens with zero attached hydrogens (tertiary/aromatic N) is 4. The van der Waals surface area contributed by atoms with E-state index < -0.39 is 4.92 Å². The Balaban J connectivity index is 1.24. The molecule has 0 bridgehead atoms. The second-order valence-electron chi connectivity index (χ2n) is 8.13. The van der Waals surface area contributed by atoms with Crippen molar-refractivity contribution in [2.45, 2.75) is 6.92 Å². The summed E-state index contributed by atoms with van der Waals surface area (Å²) in [4.78, 5) is 32.3. The van der Waals surface area contributed by atoms with Gasteiger partial charge in [-0.3, -0.25) is 14.9 Å². The zero-order valence-corrected chi connectivity index (χ0v) is 19.3. The number of hydrogen-bond donors (Lipinski definition) is 0. The van der Waals surface area contributed by atoms with Crippen molar-refractivity contribution in [2.75, 3.05) is 31.1 Å². The summed E-state index contributed by atoms with van der Waals surface area (Å²) >= 11 is 1.35. The molecule has 2 aromatic carbocycles. The van der Waals surface area contributed by atoms with Gasteiger partial charge in [-0.05, 0) is 43.0 Å². The van der Waals surface area contributed by atoms with Crippen molar-refractivity contribution in [3.05, 3.63) is 87.0 Å². The molecular weight excluding hydrogens is 452 g/mol. The highest BCUT2D eigenvalue weighted by Gasteiger charge is 2.29. The molecule has 1 aromatic heterocycles. The Kier molecular flexibility index (Phi) is 5.93. The number of rotatable bonds is 4. The molecule has 34 heavy (non-hydrogen) atoms. The number of benzene rings is 2. The van der Waals surface area contributed by atoms with Crippen molar-refractivity contribution in [3.8, 4) is 11.3 Å². The number of amidine groups is 1. The smallest absolute Gasteiger partial charge is 0.286 e. The molecule has 9 heteroatoms. The van der Waals surface area contributed by atoms with Gasteiger partial charge in [0.15, 0.2) is 5.17 Å². The van der Waals surface area contributed by atoms with Gasteiger partial charge in [0.1, 0.15) is 11.5 Å². The van der Waals surface area contributed by atoms with Crippen LogP contribution in [0.25, 0.3) is 17.4 Å². The van der Waals surface area contributed by atoms with Crippen molar-refractivity contribution < 1.29 is 14.1 Å². The van der Waals surface area contributed by atoms with Crippen LogP contribution in [0.2, 0.25) is 0 Å². The van der Waals surface area contributed by atoms with Crippen LogP contribution in [0.15, 0.2) is 75.0 Å². The van der Waals surface area contributed by atoms with Gasteiger partial charge >= 0.3 is 0 Å². The average Bonchev–Trinajstić information content (AvgIpc) is 3.47. The van der Waals surface area contributed by atoms with Crippen LogP contribution < -0.4 is 4.90 Å². The predicted octanol–water partition coefficient (Wildman–Crippen LogP) is 4.96. The average molecular weight is 475 g/mol. The van der Waals surface area contributed by atoms with E-state index in [0.29, 0.717) is 27.2 Å². The molecule has 5 rings (SSSR count). The van der Waals surface area contributed by atoms with E-state index in [1.54, 1.807) is 30.3 Å². The van der Waals surface area contributed by atoms with Crippen LogP contribution in [0, 0.1) is 17.0 Å². The minimum Gasteiger partial charge on any atom is -0.457 e. The first-order valence-electron chi connectivity index (χ1n) is 10.9. The summed E-state index contributed by atoms with van der Waals surface area (Å²) in [5, 5.41) is 11.7. The SMILES string of the molecule is Cc1ccc(N2CCN(C3=NC(=O)C(=Cc4ccc(-c5cccc([N+](=O)[O-])c5)o4)S3)CC2)cc1. The molecule has 0 saturated carbocycles. The molecule has 2 aliphatic rings. The van der Waals surface area contributed by atoms with E-state index in [0.717, 1.165) is 26.2 Å². The quantitative estimate of drug-likeness (QED) is 0.300. The normalized spacial score (nSPS) is 17.4. The van der Waals surface area contributed by atoms with E-state index >= 15 is 0 Å². The number of nitro benzene ring substituents is 1. The van der Waals surface area contributed by atoms with Gasteiger partial charge in [0.05, 0.1) is 9.83 Å². The summed E-state index contributed by atoms with van der Waals surface area (Å²) in [7, 11) is 0. The molecule has 3 heterocycles. The number of carbonyl (C=O) groups excluding carboxylic acids is 1. The Morgan fingerprint density at radius 3 is 2.50 bits per heavy atom. The lowest BCUT2D eigenvalue weighted by Gasteiger charge is -2.36. The van der Waals surface area contributed by atoms with E-state index in [2.05, 4.69) is 46.0 Å². The van der Waals surface area contributed by atoms with E-state index in [1.807, 2.05) is 0 Å². The number of carbonyl (C=O) groups is 1. The van der Waals surface area contributed by atoms with Crippen molar-refractivity contribution in [1.29, 1.82) is 0 Å². The molecule has 172 valence electrons. The molecule has 1 saturated heterocycles. The summed E-state index contributed by atoms with van der Waals surface area (Å²) in [6, 6.07) is 18.3. The number of thioether (sulfide) groups is 1. The van der Waals surface area contributed by atoms with Gasteiger partial charge in [0.2, 0.25) is 0 Å². The van der Waals surface area contributed by atoms with Crippen LogP contribution in [0.5, 0.6) is 0 Å². The van der Waals surface area contributed by atoms with Gasteiger partial charge in [0, 0.05) is 55.6 Å². The lowest BCUT2D eigenvalue weighted by molar-refractivity contribution is -0.384. The molecule has 3 aromatic rings. The molecule has 8 nitrogen and oxygen atoms in total. The number of anilines is 1. The highest BCUT2D eigenvalue weighted by molar-refractivity contribution is 8.18. The Morgan fingerprint density at radius 1 is 1.03 bits per heavy atom. The lowest BCUT2D eigenvalue weighted by atomic mass is 10.1. The Bertz CT molecular complexity index is 1300. The number of amides is 1. The molecule has 0 aliphatic carbocycles. The summed E-state index contributed by atoms with van der Waals surface area (Å²) in [6.07, 6.45) is 1.67. The van der Waals surface area contributed by atoms with Gasteiger partial charge in [0.25, 0.3) is 11.6 Å². The maximum atomic E-state index is 12.5. The molecule has 0 atom stereocenters. The van der Waals surface area contributed by atoms with E-state index in [1.165, 1.54) is 35.1 Å². The van der Waals surface area contributed by atoms with Crippen LogP contribution in [-0.2, 0) is 4.79 Å². The fraction of sp³-hybridized carbons (Fsp3) is 0.200. The number of non-ortho nitro benzene ring substituents is 1. The molecular formula is C25H22N4O4S. The number of aliphatic imine (C=N–C) groups is 1. The van der Waals surface area contributed by atoms with E-state index in [-0.39, 0.29) is 11.6 Å². The second kappa shape index (κ2) is 9.18. The number of hydrogen-bond acceptors (Lipinski definition) is 7. The molecule has 0 unspecified atom stereocenters. The van der Waals surface area contributed by atoms with Crippen molar-refractivity contribution in [2.24, 2.45) is 4.99 Å². The molecule has 1 fully saturated rings. The minimum absolute atomic E-state index is 0.00384. The second-order valence-corrected chi connectivity index (χ2v) is 9.14. The fourth-order valence-electron chi connectivity index (χ4n) is 3.93. The van der Waals surface area contributed by atoms with Crippen LogP contribution in [0.4, 0.5) is 11.4 Å². The topological polar surface area (TPSA) is 92.2 Å². The first kappa shape index (κ1) is 22.0. The highest BCUT2D eigenvalue weighted by atomic mass is 32.2. The van der Waals surface area contributed by atoms with Gasteiger partial charge in [-0.2, -0.15) is 4.99 Å². The van der Waals surface area contributed by atoms with E-state index in [9.17, 15) is 14.9 Å². The third kappa shape index (κ3) is 4.60. The maximum absolute atomic E-state index is 12.5.